The monoisotopic (exact) mass is 368 g/mol. The van der Waals surface area contributed by atoms with Gasteiger partial charge in [-0.15, -0.1) is 0 Å². The first kappa shape index (κ1) is 17.7. The van der Waals surface area contributed by atoms with Gasteiger partial charge in [0.2, 0.25) is 5.95 Å². The van der Waals surface area contributed by atoms with E-state index in [0.717, 1.165) is 16.9 Å². The Morgan fingerprint density at radius 2 is 1.85 bits per heavy atom. The van der Waals surface area contributed by atoms with Gasteiger partial charge in [0.15, 0.2) is 0 Å². The largest absolute Gasteiger partial charge is 0.465 e. The Hall–Kier alpha value is -3.12. The fourth-order valence-corrected chi connectivity index (χ4v) is 2.48. The minimum absolute atomic E-state index is 0.379. The average Bonchev–Trinajstić information content (AvgIpc) is 2.66. The third kappa shape index (κ3) is 4.10. The molecule has 0 amide bonds. The number of nitrogens with zero attached hydrogens (tertiary/aromatic N) is 2. The van der Waals surface area contributed by atoms with Crippen LogP contribution in [0.3, 0.4) is 0 Å². The van der Waals surface area contributed by atoms with Crippen molar-refractivity contribution in [1.82, 2.24) is 9.97 Å². The first-order valence-corrected chi connectivity index (χ1v) is 8.25. The van der Waals surface area contributed by atoms with E-state index in [4.69, 9.17) is 11.6 Å². The topological polar surface area (TPSA) is 76.1 Å². The highest BCUT2D eigenvalue weighted by Gasteiger charge is 2.07. The number of esters is 1. The number of nitrogens with one attached hydrogen (secondary N) is 2. The zero-order valence-electron chi connectivity index (χ0n) is 14.3. The van der Waals surface area contributed by atoms with Gasteiger partial charge in [-0.05, 0) is 55.0 Å². The van der Waals surface area contributed by atoms with Crippen molar-refractivity contribution in [1.29, 1.82) is 0 Å². The van der Waals surface area contributed by atoms with E-state index in [9.17, 15) is 4.79 Å². The minimum Gasteiger partial charge on any atom is -0.465 e. The summed E-state index contributed by atoms with van der Waals surface area (Å²) in [7, 11) is 1.35. The quantitative estimate of drug-likeness (QED) is 0.635. The first-order chi connectivity index (χ1) is 12.6. The van der Waals surface area contributed by atoms with Crippen LogP contribution in [0.4, 0.5) is 23.1 Å². The summed E-state index contributed by atoms with van der Waals surface area (Å²) in [5.74, 6) is 0.690. The zero-order valence-corrected chi connectivity index (χ0v) is 15.0. The molecule has 2 N–H and O–H groups in total. The van der Waals surface area contributed by atoms with Gasteiger partial charge < -0.3 is 15.4 Å². The van der Waals surface area contributed by atoms with Crippen LogP contribution in [0.25, 0.3) is 0 Å². The van der Waals surface area contributed by atoms with Gasteiger partial charge in [-0.3, -0.25) is 0 Å². The number of carbonyl (C=O) groups excluding carboxylic acids is 1. The second-order valence-electron chi connectivity index (χ2n) is 5.50. The highest BCUT2D eigenvalue weighted by molar-refractivity contribution is 6.31. The van der Waals surface area contributed by atoms with Crippen LogP contribution >= 0.6 is 11.6 Å². The summed E-state index contributed by atoms with van der Waals surface area (Å²) in [6, 6.07) is 14.3. The molecule has 0 fully saturated rings. The number of methoxy groups -OCH3 is 1. The number of carbonyl (C=O) groups is 1. The van der Waals surface area contributed by atoms with Crippen molar-refractivity contribution in [3.63, 3.8) is 0 Å². The second-order valence-corrected chi connectivity index (χ2v) is 5.90. The normalized spacial score (nSPS) is 10.3. The Morgan fingerprint density at radius 3 is 2.58 bits per heavy atom. The van der Waals surface area contributed by atoms with E-state index < -0.39 is 0 Å². The van der Waals surface area contributed by atoms with Crippen LogP contribution < -0.4 is 10.6 Å². The molecule has 0 spiro atoms. The van der Waals surface area contributed by atoms with E-state index in [1.807, 2.05) is 25.1 Å². The Labute approximate surface area is 156 Å². The molecule has 0 radical (unpaired) electrons. The number of ether oxygens (including phenoxy) is 1. The average molecular weight is 369 g/mol. The Kier molecular flexibility index (Phi) is 5.34. The van der Waals surface area contributed by atoms with E-state index in [2.05, 4.69) is 25.3 Å². The standard InChI is InChI=1S/C19H17ClN4O2/c1-12-15(20)4-3-5-16(12)23-17-10-11-21-19(24-17)22-14-8-6-13(7-9-14)18(25)26-2/h3-11H,1-2H3,(H2,21,22,23,24). The molecule has 2 aromatic carbocycles. The van der Waals surface area contributed by atoms with E-state index in [1.54, 1.807) is 36.5 Å². The number of anilines is 4. The summed E-state index contributed by atoms with van der Waals surface area (Å²) in [5, 5.41) is 7.02. The van der Waals surface area contributed by atoms with Crippen molar-refractivity contribution in [2.75, 3.05) is 17.7 Å². The van der Waals surface area contributed by atoms with Crippen LogP contribution in [0, 0.1) is 6.92 Å². The predicted molar refractivity (Wildman–Crippen MR) is 103 cm³/mol. The van der Waals surface area contributed by atoms with Crippen LogP contribution in [0.5, 0.6) is 0 Å². The molecule has 0 saturated carbocycles. The van der Waals surface area contributed by atoms with Crippen molar-refractivity contribution >= 4 is 40.7 Å². The van der Waals surface area contributed by atoms with E-state index in [1.165, 1.54) is 7.11 Å². The van der Waals surface area contributed by atoms with Crippen molar-refractivity contribution in [3.8, 4) is 0 Å². The number of rotatable bonds is 5. The van der Waals surface area contributed by atoms with Crippen LogP contribution in [0.15, 0.2) is 54.7 Å². The smallest absolute Gasteiger partial charge is 0.337 e. The molecule has 0 atom stereocenters. The Balaban J connectivity index is 1.75. The molecule has 0 saturated heterocycles. The number of benzene rings is 2. The van der Waals surface area contributed by atoms with Gasteiger partial charge in [0.05, 0.1) is 12.7 Å². The van der Waals surface area contributed by atoms with Gasteiger partial charge in [-0.25, -0.2) is 9.78 Å². The third-order valence-electron chi connectivity index (χ3n) is 3.75. The molecule has 1 aromatic heterocycles. The van der Waals surface area contributed by atoms with Gasteiger partial charge in [-0.1, -0.05) is 17.7 Å². The number of halogens is 1. The van der Waals surface area contributed by atoms with Gasteiger partial charge >= 0.3 is 5.97 Å². The summed E-state index contributed by atoms with van der Waals surface area (Å²) in [4.78, 5) is 20.1. The van der Waals surface area contributed by atoms with E-state index in [-0.39, 0.29) is 5.97 Å². The van der Waals surface area contributed by atoms with Crippen molar-refractivity contribution in [2.45, 2.75) is 6.92 Å². The van der Waals surface area contributed by atoms with Crippen molar-refractivity contribution in [2.24, 2.45) is 0 Å². The summed E-state index contributed by atoms with van der Waals surface area (Å²) < 4.78 is 4.68. The fraction of sp³-hybridized carbons (Fsp3) is 0.105. The van der Waals surface area contributed by atoms with Gasteiger partial charge in [0.1, 0.15) is 5.82 Å². The molecule has 3 rings (SSSR count). The summed E-state index contributed by atoms with van der Waals surface area (Å²) in [6.07, 6.45) is 1.65. The molecule has 6 nitrogen and oxygen atoms in total. The lowest BCUT2D eigenvalue weighted by Gasteiger charge is -2.11. The highest BCUT2D eigenvalue weighted by Crippen LogP contribution is 2.25. The lowest BCUT2D eigenvalue weighted by molar-refractivity contribution is 0.0601. The number of hydrogen-bond donors (Lipinski definition) is 2. The molecule has 0 aliphatic carbocycles. The Bertz CT molecular complexity index is 929. The summed E-state index contributed by atoms with van der Waals surface area (Å²) >= 11 is 6.15. The van der Waals surface area contributed by atoms with E-state index >= 15 is 0 Å². The zero-order chi connectivity index (χ0) is 18.5. The lowest BCUT2D eigenvalue weighted by atomic mass is 10.2. The molecule has 132 valence electrons. The SMILES string of the molecule is COC(=O)c1ccc(Nc2nccc(Nc3cccc(Cl)c3C)n2)cc1. The molecule has 0 aliphatic rings. The fourth-order valence-electron chi connectivity index (χ4n) is 2.31. The maximum absolute atomic E-state index is 11.5. The predicted octanol–water partition coefficient (Wildman–Crippen LogP) is 4.71. The third-order valence-corrected chi connectivity index (χ3v) is 4.16. The molecule has 0 bridgehead atoms. The lowest BCUT2D eigenvalue weighted by Crippen LogP contribution is -2.03. The van der Waals surface area contributed by atoms with Crippen molar-refractivity contribution in [3.05, 3.63) is 70.9 Å². The molecule has 1 heterocycles. The van der Waals surface area contributed by atoms with Crippen LogP contribution in [0.2, 0.25) is 5.02 Å². The molecule has 0 aliphatic heterocycles. The molecule has 26 heavy (non-hydrogen) atoms. The van der Waals surface area contributed by atoms with Crippen molar-refractivity contribution < 1.29 is 9.53 Å². The summed E-state index contributed by atoms with van der Waals surface area (Å²) in [6.45, 7) is 1.94. The van der Waals surface area contributed by atoms with Crippen LogP contribution in [-0.2, 0) is 4.74 Å². The molecule has 3 aromatic rings. The first-order valence-electron chi connectivity index (χ1n) is 7.87. The molecule has 0 unspecified atom stereocenters. The van der Waals surface area contributed by atoms with Gasteiger partial charge in [0, 0.05) is 22.6 Å². The highest BCUT2D eigenvalue weighted by atomic mass is 35.5. The number of aromatic nitrogens is 2. The van der Waals surface area contributed by atoms with Crippen LogP contribution in [-0.4, -0.2) is 23.0 Å². The maximum atomic E-state index is 11.5. The number of hydrogen-bond acceptors (Lipinski definition) is 6. The van der Waals surface area contributed by atoms with Gasteiger partial charge in [-0.2, -0.15) is 4.98 Å². The molecular formula is C19H17ClN4O2. The Morgan fingerprint density at radius 1 is 1.08 bits per heavy atom. The molecular weight excluding hydrogens is 352 g/mol. The van der Waals surface area contributed by atoms with E-state index in [0.29, 0.717) is 22.4 Å². The maximum Gasteiger partial charge on any atom is 0.337 e. The minimum atomic E-state index is -0.379. The van der Waals surface area contributed by atoms with Gasteiger partial charge in [0.25, 0.3) is 0 Å². The van der Waals surface area contributed by atoms with Crippen LogP contribution in [0.1, 0.15) is 15.9 Å². The second kappa shape index (κ2) is 7.84. The summed E-state index contributed by atoms with van der Waals surface area (Å²) in [5.41, 5.74) is 3.06. The molecule has 7 heteroatoms.